The third-order valence-electron chi connectivity index (χ3n) is 3.15. The Balaban J connectivity index is 2.33. The van der Waals surface area contributed by atoms with Crippen LogP contribution in [0.15, 0.2) is 24.8 Å². The van der Waals surface area contributed by atoms with Crippen LogP contribution in [0.1, 0.15) is 13.3 Å². The number of rotatable bonds is 1. The van der Waals surface area contributed by atoms with Crippen LogP contribution in [-0.4, -0.2) is 5.78 Å². The number of ketones is 1. The zero-order valence-corrected chi connectivity index (χ0v) is 6.71. The van der Waals surface area contributed by atoms with Gasteiger partial charge in [-0.25, -0.2) is 0 Å². The van der Waals surface area contributed by atoms with E-state index in [9.17, 15) is 4.79 Å². The maximum absolute atomic E-state index is 11.5. The maximum atomic E-state index is 11.5. The van der Waals surface area contributed by atoms with Crippen LogP contribution < -0.4 is 0 Å². The molecular weight excluding hydrogens is 136 g/mol. The summed E-state index contributed by atoms with van der Waals surface area (Å²) in [5.41, 5.74) is -0.238. The number of fused-ring (bicyclic) bond motifs is 1. The molecule has 0 amide bonds. The molecule has 0 bridgehead atoms. The summed E-state index contributed by atoms with van der Waals surface area (Å²) in [6, 6.07) is 0. The summed E-state index contributed by atoms with van der Waals surface area (Å²) in [4.78, 5) is 11.5. The first-order chi connectivity index (χ1) is 5.20. The smallest absolute Gasteiger partial charge is 0.147 e. The van der Waals surface area contributed by atoms with Gasteiger partial charge in [0.05, 0.1) is 5.41 Å². The molecule has 0 N–H and O–H groups in total. The van der Waals surface area contributed by atoms with E-state index >= 15 is 0 Å². The molecule has 0 aromatic rings. The quantitative estimate of drug-likeness (QED) is 0.519. The lowest BCUT2D eigenvalue weighted by molar-refractivity contribution is -0.145. The maximum Gasteiger partial charge on any atom is 0.147 e. The fraction of sp³-hybridized carbons (Fsp3) is 0.500. The van der Waals surface area contributed by atoms with Crippen LogP contribution in [0, 0.1) is 17.3 Å². The predicted molar refractivity (Wildman–Crippen MR) is 44.0 cm³/mol. The topological polar surface area (TPSA) is 17.1 Å². The lowest BCUT2D eigenvalue weighted by atomic mass is 9.55. The predicted octanol–water partition coefficient (Wildman–Crippen LogP) is 1.95. The molecular formula is C10H12O. The van der Waals surface area contributed by atoms with Gasteiger partial charge >= 0.3 is 0 Å². The minimum atomic E-state index is -0.238. The van der Waals surface area contributed by atoms with Crippen molar-refractivity contribution < 1.29 is 4.79 Å². The minimum absolute atomic E-state index is 0.238. The molecule has 0 aromatic carbocycles. The number of hydrogen-bond donors (Lipinski definition) is 0. The van der Waals surface area contributed by atoms with E-state index in [1.807, 2.05) is 6.92 Å². The van der Waals surface area contributed by atoms with Crippen LogP contribution in [0.25, 0.3) is 0 Å². The Kier molecular flexibility index (Phi) is 1.15. The van der Waals surface area contributed by atoms with Crippen LogP contribution in [-0.2, 0) is 4.79 Å². The van der Waals surface area contributed by atoms with Crippen LogP contribution in [0.5, 0.6) is 0 Å². The summed E-state index contributed by atoms with van der Waals surface area (Å²) in [5, 5.41) is 0. The molecule has 0 saturated heterocycles. The van der Waals surface area contributed by atoms with Gasteiger partial charge in [0.25, 0.3) is 0 Å². The summed E-state index contributed by atoms with van der Waals surface area (Å²) in [5.74, 6) is 1.12. The Bertz CT molecular complexity index is 252. The lowest BCUT2D eigenvalue weighted by Gasteiger charge is -2.46. The third kappa shape index (κ3) is 0.590. The third-order valence-corrected chi connectivity index (χ3v) is 3.15. The summed E-state index contributed by atoms with van der Waals surface area (Å²) < 4.78 is 0. The molecule has 0 aromatic heterocycles. The Morgan fingerprint density at radius 1 is 1.82 bits per heavy atom. The molecule has 0 aliphatic heterocycles. The van der Waals surface area contributed by atoms with Gasteiger partial charge in [-0.2, -0.15) is 0 Å². The highest BCUT2D eigenvalue weighted by molar-refractivity contribution is 5.96. The molecule has 3 atom stereocenters. The highest BCUT2D eigenvalue weighted by atomic mass is 16.1. The summed E-state index contributed by atoms with van der Waals surface area (Å²) >= 11 is 0. The molecule has 0 radical (unpaired) electrons. The van der Waals surface area contributed by atoms with Gasteiger partial charge in [-0.05, 0) is 13.3 Å². The summed E-state index contributed by atoms with van der Waals surface area (Å²) in [6.45, 7) is 5.70. The highest BCUT2D eigenvalue weighted by Gasteiger charge is 2.56. The molecule has 1 nitrogen and oxygen atoms in total. The van der Waals surface area contributed by atoms with Crippen molar-refractivity contribution >= 4 is 5.78 Å². The molecule has 1 saturated carbocycles. The molecule has 58 valence electrons. The van der Waals surface area contributed by atoms with Gasteiger partial charge in [0, 0.05) is 11.8 Å². The van der Waals surface area contributed by atoms with Crippen LogP contribution in [0.2, 0.25) is 0 Å². The van der Waals surface area contributed by atoms with E-state index in [1.165, 1.54) is 0 Å². The van der Waals surface area contributed by atoms with E-state index < -0.39 is 0 Å². The molecule has 2 aliphatic rings. The second kappa shape index (κ2) is 1.84. The van der Waals surface area contributed by atoms with Crippen molar-refractivity contribution in [1.29, 1.82) is 0 Å². The largest absolute Gasteiger partial charge is 0.298 e. The molecule has 11 heavy (non-hydrogen) atoms. The van der Waals surface area contributed by atoms with Gasteiger partial charge in [0.15, 0.2) is 0 Å². The molecule has 1 heteroatoms. The van der Waals surface area contributed by atoms with Crippen molar-refractivity contribution in [3.63, 3.8) is 0 Å². The first kappa shape index (κ1) is 6.84. The van der Waals surface area contributed by atoms with Crippen molar-refractivity contribution in [2.24, 2.45) is 17.3 Å². The number of Topliss-reactive ketones (excluding diaryl/α,β-unsaturated/α-hetero) is 1. The second-order valence-electron chi connectivity index (χ2n) is 3.65. The average Bonchev–Trinajstić information content (AvgIpc) is 2.48. The number of carbonyl (C=O) groups is 1. The number of allylic oxidation sites excluding steroid dienone is 3. The Morgan fingerprint density at radius 3 is 3.18 bits per heavy atom. The molecule has 1 fully saturated rings. The molecule has 0 heterocycles. The first-order valence-electron chi connectivity index (χ1n) is 4.04. The lowest BCUT2D eigenvalue weighted by Crippen LogP contribution is -2.52. The van der Waals surface area contributed by atoms with Crippen molar-refractivity contribution in [3.05, 3.63) is 24.8 Å². The summed E-state index contributed by atoms with van der Waals surface area (Å²) in [7, 11) is 0. The minimum Gasteiger partial charge on any atom is -0.298 e. The van der Waals surface area contributed by atoms with Gasteiger partial charge in [-0.3, -0.25) is 4.79 Å². The van der Waals surface area contributed by atoms with E-state index in [1.54, 1.807) is 6.08 Å². The Labute approximate surface area is 66.8 Å². The molecule has 0 spiro atoms. The SMILES string of the molecule is C=C[C@@]1(C)C(=O)[C@@H]2CC=C[C@@H]21. The number of hydrogen-bond acceptors (Lipinski definition) is 1. The van der Waals surface area contributed by atoms with E-state index in [4.69, 9.17) is 0 Å². The van der Waals surface area contributed by atoms with Gasteiger partial charge in [0.2, 0.25) is 0 Å². The monoisotopic (exact) mass is 148 g/mol. The highest BCUT2D eigenvalue weighted by Crippen LogP contribution is 2.53. The van der Waals surface area contributed by atoms with E-state index in [-0.39, 0.29) is 11.3 Å². The standard InChI is InChI=1S/C10H12O/c1-3-10(2)8-6-4-5-7(8)9(10)11/h3-4,6-8H,1,5H2,2H3/t7-,8+,10-/m1/s1. The Hall–Kier alpha value is -0.850. The van der Waals surface area contributed by atoms with Crippen molar-refractivity contribution in [3.8, 4) is 0 Å². The van der Waals surface area contributed by atoms with Gasteiger partial charge < -0.3 is 0 Å². The van der Waals surface area contributed by atoms with Gasteiger partial charge in [-0.1, -0.05) is 18.2 Å². The fourth-order valence-corrected chi connectivity index (χ4v) is 2.24. The second-order valence-corrected chi connectivity index (χ2v) is 3.65. The molecule has 0 unspecified atom stereocenters. The van der Waals surface area contributed by atoms with Gasteiger partial charge in [0.1, 0.15) is 5.78 Å². The first-order valence-corrected chi connectivity index (χ1v) is 4.04. The van der Waals surface area contributed by atoms with E-state index in [0.29, 0.717) is 11.7 Å². The van der Waals surface area contributed by atoms with E-state index in [2.05, 4.69) is 18.7 Å². The van der Waals surface area contributed by atoms with Crippen molar-refractivity contribution in [2.75, 3.05) is 0 Å². The van der Waals surface area contributed by atoms with Crippen LogP contribution >= 0.6 is 0 Å². The normalized spacial score (nSPS) is 46.8. The number of carbonyl (C=O) groups excluding carboxylic acids is 1. The van der Waals surface area contributed by atoms with Crippen LogP contribution in [0.3, 0.4) is 0 Å². The molecule has 2 rings (SSSR count). The van der Waals surface area contributed by atoms with Crippen LogP contribution in [0.4, 0.5) is 0 Å². The Morgan fingerprint density at radius 2 is 2.55 bits per heavy atom. The van der Waals surface area contributed by atoms with Crippen molar-refractivity contribution in [2.45, 2.75) is 13.3 Å². The average molecular weight is 148 g/mol. The van der Waals surface area contributed by atoms with E-state index in [0.717, 1.165) is 6.42 Å². The fourth-order valence-electron chi connectivity index (χ4n) is 2.24. The van der Waals surface area contributed by atoms with Gasteiger partial charge in [-0.15, -0.1) is 6.58 Å². The zero-order chi connectivity index (χ0) is 8.06. The zero-order valence-electron chi connectivity index (χ0n) is 6.71. The molecule has 2 aliphatic carbocycles. The van der Waals surface area contributed by atoms with Crippen molar-refractivity contribution in [1.82, 2.24) is 0 Å². The summed E-state index contributed by atoms with van der Waals surface area (Å²) in [6.07, 6.45) is 7.02.